The summed E-state index contributed by atoms with van der Waals surface area (Å²) in [7, 11) is 1.53. The maximum atomic E-state index is 11.4. The SMILES string of the molecule is COC(C(=O)OCC(C)C)C(C)C. The zero-order valence-electron chi connectivity index (χ0n) is 9.16. The minimum atomic E-state index is -0.432. The van der Waals surface area contributed by atoms with E-state index in [1.165, 1.54) is 7.11 Å². The van der Waals surface area contributed by atoms with Crippen molar-refractivity contribution in [2.75, 3.05) is 13.7 Å². The zero-order valence-corrected chi connectivity index (χ0v) is 9.16. The lowest BCUT2D eigenvalue weighted by Gasteiger charge is -2.18. The van der Waals surface area contributed by atoms with Gasteiger partial charge in [-0.05, 0) is 11.8 Å². The molecule has 3 heteroatoms. The Bertz CT molecular complexity index is 152. The molecule has 78 valence electrons. The van der Waals surface area contributed by atoms with Crippen LogP contribution < -0.4 is 0 Å². The van der Waals surface area contributed by atoms with Crippen molar-refractivity contribution in [3.8, 4) is 0 Å². The van der Waals surface area contributed by atoms with Crippen molar-refractivity contribution in [2.45, 2.75) is 33.8 Å². The van der Waals surface area contributed by atoms with Gasteiger partial charge in [-0.3, -0.25) is 0 Å². The molecule has 0 aromatic carbocycles. The molecule has 0 rings (SSSR count). The van der Waals surface area contributed by atoms with E-state index in [1.807, 2.05) is 27.7 Å². The van der Waals surface area contributed by atoms with Crippen LogP contribution in [0.5, 0.6) is 0 Å². The molecule has 0 spiro atoms. The third-order valence-corrected chi connectivity index (χ3v) is 1.65. The maximum absolute atomic E-state index is 11.4. The summed E-state index contributed by atoms with van der Waals surface area (Å²) in [5.41, 5.74) is 0. The van der Waals surface area contributed by atoms with Gasteiger partial charge in [-0.1, -0.05) is 27.7 Å². The van der Waals surface area contributed by atoms with E-state index in [9.17, 15) is 4.79 Å². The molecule has 1 unspecified atom stereocenters. The number of ether oxygens (including phenoxy) is 2. The molecule has 0 saturated carbocycles. The molecule has 0 aliphatic rings. The highest BCUT2D eigenvalue weighted by molar-refractivity contribution is 5.74. The lowest BCUT2D eigenvalue weighted by molar-refractivity contribution is -0.159. The second kappa shape index (κ2) is 5.97. The Labute approximate surface area is 80.4 Å². The van der Waals surface area contributed by atoms with E-state index in [2.05, 4.69) is 0 Å². The van der Waals surface area contributed by atoms with E-state index in [4.69, 9.17) is 9.47 Å². The van der Waals surface area contributed by atoms with E-state index in [-0.39, 0.29) is 11.9 Å². The molecule has 0 saturated heterocycles. The first-order chi connectivity index (χ1) is 5.99. The first-order valence-electron chi connectivity index (χ1n) is 4.68. The number of hydrogen-bond acceptors (Lipinski definition) is 3. The van der Waals surface area contributed by atoms with Gasteiger partial charge in [0.2, 0.25) is 0 Å². The Morgan fingerprint density at radius 3 is 2.08 bits per heavy atom. The van der Waals surface area contributed by atoms with Gasteiger partial charge in [0.05, 0.1) is 6.61 Å². The van der Waals surface area contributed by atoms with Crippen molar-refractivity contribution in [3.63, 3.8) is 0 Å². The predicted octanol–water partition coefficient (Wildman–Crippen LogP) is 1.86. The smallest absolute Gasteiger partial charge is 0.335 e. The third kappa shape index (κ3) is 4.88. The number of methoxy groups -OCH3 is 1. The molecule has 0 bridgehead atoms. The summed E-state index contributed by atoms with van der Waals surface area (Å²) in [5.74, 6) is 0.268. The highest BCUT2D eigenvalue weighted by Crippen LogP contribution is 2.08. The average Bonchev–Trinajstić information content (AvgIpc) is 2.01. The van der Waals surface area contributed by atoms with Crippen LogP contribution in [0.4, 0.5) is 0 Å². The van der Waals surface area contributed by atoms with Crippen molar-refractivity contribution < 1.29 is 14.3 Å². The summed E-state index contributed by atoms with van der Waals surface area (Å²) in [4.78, 5) is 11.4. The molecule has 0 aliphatic carbocycles. The molecule has 0 heterocycles. The Kier molecular flexibility index (Phi) is 5.71. The van der Waals surface area contributed by atoms with Crippen LogP contribution >= 0.6 is 0 Å². The zero-order chi connectivity index (χ0) is 10.4. The molecular weight excluding hydrogens is 168 g/mol. The molecule has 0 fully saturated rings. The third-order valence-electron chi connectivity index (χ3n) is 1.65. The van der Waals surface area contributed by atoms with E-state index >= 15 is 0 Å². The Morgan fingerprint density at radius 1 is 1.23 bits per heavy atom. The van der Waals surface area contributed by atoms with Gasteiger partial charge in [-0.25, -0.2) is 4.79 Å². The van der Waals surface area contributed by atoms with Crippen molar-refractivity contribution in [1.29, 1.82) is 0 Å². The standard InChI is InChI=1S/C10H20O3/c1-7(2)6-13-10(11)9(12-5)8(3)4/h7-9H,6H2,1-5H3. The summed E-state index contributed by atoms with van der Waals surface area (Å²) >= 11 is 0. The second-order valence-electron chi connectivity index (χ2n) is 3.92. The molecule has 3 nitrogen and oxygen atoms in total. The van der Waals surface area contributed by atoms with Crippen LogP contribution in [0, 0.1) is 11.8 Å². The normalized spacial score (nSPS) is 13.5. The number of hydrogen-bond donors (Lipinski definition) is 0. The van der Waals surface area contributed by atoms with Crippen LogP contribution in [0.2, 0.25) is 0 Å². The molecule has 13 heavy (non-hydrogen) atoms. The number of carbonyl (C=O) groups is 1. The van der Waals surface area contributed by atoms with Crippen LogP contribution in [0.15, 0.2) is 0 Å². The fourth-order valence-electron chi connectivity index (χ4n) is 0.971. The van der Waals surface area contributed by atoms with Gasteiger partial charge in [0, 0.05) is 7.11 Å². The van der Waals surface area contributed by atoms with Crippen LogP contribution in [0.1, 0.15) is 27.7 Å². The highest BCUT2D eigenvalue weighted by Gasteiger charge is 2.23. The van der Waals surface area contributed by atoms with Gasteiger partial charge in [0.15, 0.2) is 6.10 Å². The fourth-order valence-corrected chi connectivity index (χ4v) is 0.971. The van der Waals surface area contributed by atoms with Gasteiger partial charge in [-0.2, -0.15) is 0 Å². The molecule has 0 radical (unpaired) electrons. The quantitative estimate of drug-likeness (QED) is 0.618. The van der Waals surface area contributed by atoms with Crippen molar-refractivity contribution in [2.24, 2.45) is 11.8 Å². The molecule has 0 aromatic rings. The summed E-state index contributed by atoms with van der Waals surface area (Å²) in [6, 6.07) is 0. The van der Waals surface area contributed by atoms with Gasteiger partial charge >= 0.3 is 5.97 Å². The van der Waals surface area contributed by atoms with Crippen molar-refractivity contribution >= 4 is 5.97 Å². The van der Waals surface area contributed by atoms with E-state index < -0.39 is 6.10 Å². The van der Waals surface area contributed by atoms with Crippen molar-refractivity contribution in [3.05, 3.63) is 0 Å². The lowest BCUT2D eigenvalue weighted by atomic mass is 10.1. The maximum Gasteiger partial charge on any atom is 0.335 e. The Morgan fingerprint density at radius 2 is 1.77 bits per heavy atom. The van der Waals surface area contributed by atoms with Crippen LogP contribution in [-0.2, 0) is 14.3 Å². The van der Waals surface area contributed by atoms with Crippen molar-refractivity contribution in [1.82, 2.24) is 0 Å². The molecule has 1 atom stereocenters. The predicted molar refractivity (Wildman–Crippen MR) is 51.4 cm³/mol. The molecule has 0 N–H and O–H groups in total. The summed E-state index contributed by atoms with van der Waals surface area (Å²) in [6.07, 6.45) is -0.432. The molecule has 0 aromatic heterocycles. The van der Waals surface area contributed by atoms with E-state index in [1.54, 1.807) is 0 Å². The van der Waals surface area contributed by atoms with Gasteiger partial charge < -0.3 is 9.47 Å². The van der Waals surface area contributed by atoms with Gasteiger partial charge in [0.25, 0.3) is 0 Å². The topological polar surface area (TPSA) is 35.5 Å². The number of rotatable bonds is 5. The average molecular weight is 188 g/mol. The fraction of sp³-hybridized carbons (Fsp3) is 0.900. The van der Waals surface area contributed by atoms with E-state index in [0.29, 0.717) is 12.5 Å². The molecular formula is C10H20O3. The molecule has 0 aliphatic heterocycles. The molecule has 0 amide bonds. The first kappa shape index (κ1) is 12.4. The van der Waals surface area contributed by atoms with E-state index in [0.717, 1.165) is 0 Å². The Balaban J connectivity index is 3.92. The summed E-state index contributed by atoms with van der Waals surface area (Å²) < 4.78 is 10.1. The number of esters is 1. The monoisotopic (exact) mass is 188 g/mol. The van der Waals surface area contributed by atoms with Crippen LogP contribution in [0.3, 0.4) is 0 Å². The summed E-state index contributed by atoms with van der Waals surface area (Å²) in [5, 5.41) is 0. The summed E-state index contributed by atoms with van der Waals surface area (Å²) in [6.45, 7) is 8.34. The highest BCUT2D eigenvalue weighted by atomic mass is 16.6. The first-order valence-corrected chi connectivity index (χ1v) is 4.68. The Hall–Kier alpha value is -0.570. The second-order valence-corrected chi connectivity index (χ2v) is 3.92. The minimum Gasteiger partial charge on any atom is -0.463 e. The van der Waals surface area contributed by atoms with Gasteiger partial charge in [0.1, 0.15) is 0 Å². The largest absolute Gasteiger partial charge is 0.463 e. The van der Waals surface area contributed by atoms with Gasteiger partial charge in [-0.15, -0.1) is 0 Å². The van der Waals surface area contributed by atoms with Crippen LogP contribution in [-0.4, -0.2) is 25.8 Å². The lowest BCUT2D eigenvalue weighted by Crippen LogP contribution is -2.31. The minimum absolute atomic E-state index is 0.157. The number of carbonyl (C=O) groups excluding carboxylic acids is 1. The van der Waals surface area contributed by atoms with Crippen LogP contribution in [0.25, 0.3) is 0 Å².